The second-order valence-electron chi connectivity index (χ2n) is 12.0. The summed E-state index contributed by atoms with van der Waals surface area (Å²) < 4.78 is 32.4. The molecule has 0 aromatic heterocycles. The van der Waals surface area contributed by atoms with Crippen molar-refractivity contribution in [2.75, 3.05) is 26.2 Å². The molecular formula is C28H43N5O8S. The van der Waals surface area contributed by atoms with Gasteiger partial charge in [-0.15, -0.1) is 0 Å². The van der Waals surface area contributed by atoms with Gasteiger partial charge in [0.2, 0.25) is 27.7 Å². The lowest BCUT2D eigenvalue weighted by molar-refractivity contribution is -0.139. The van der Waals surface area contributed by atoms with Crippen LogP contribution < -0.4 is 15.4 Å². The van der Waals surface area contributed by atoms with Gasteiger partial charge in [0, 0.05) is 25.6 Å². The first-order valence-corrected chi connectivity index (χ1v) is 15.9. The van der Waals surface area contributed by atoms with E-state index in [-0.39, 0.29) is 32.0 Å². The van der Waals surface area contributed by atoms with Crippen LogP contribution in [0.1, 0.15) is 66.2 Å². The summed E-state index contributed by atoms with van der Waals surface area (Å²) in [5.41, 5.74) is -2.25. The summed E-state index contributed by atoms with van der Waals surface area (Å²) in [6.45, 7) is 11.2. The first kappa shape index (κ1) is 33.1. The van der Waals surface area contributed by atoms with E-state index in [4.69, 9.17) is 4.74 Å². The zero-order valence-electron chi connectivity index (χ0n) is 24.8. The fourth-order valence-electron chi connectivity index (χ4n) is 4.91. The molecule has 3 aliphatic rings. The molecule has 234 valence electrons. The lowest BCUT2D eigenvalue weighted by atomic mass is 10.1. The van der Waals surface area contributed by atoms with E-state index in [9.17, 15) is 32.4 Å². The molecule has 13 nitrogen and oxygen atoms in total. The quantitative estimate of drug-likeness (QED) is 0.205. The lowest BCUT2D eigenvalue weighted by Crippen LogP contribution is -2.57. The Morgan fingerprint density at radius 3 is 2.43 bits per heavy atom. The minimum absolute atomic E-state index is 0.158. The van der Waals surface area contributed by atoms with E-state index >= 15 is 0 Å². The molecule has 0 radical (unpaired) electrons. The Balaban J connectivity index is 1.71. The highest BCUT2D eigenvalue weighted by atomic mass is 32.2. The molecule has 42 heavy (non-hydrogen) atoms. The van der Waals surface area contributed by atoms with Crippen LogP contribution in [0, 0.1) is 5.92 Å². The average molecular weight is 610 g/mol. The lowest BCUT2D eigenvalue weighted by Gasteiger charge is -2.27. The smallest absolute Gasteiger partial charge is 0.408 e. The van der Waals surface area contributed by atoms with Crippen molar-refractivity contribution in [3.8, 4) is 0 Å². The van der Waals surface area contributed by atoms with Gasteiger partial charge in [0.15, 0.2) is 0 Å². The zero-order valence-corrected chi connectivity index (χ0v) is 25.6. The highest BCUT2D eigenvalue weighted by molar-refractivity contribution is 7.91. The fraction of sp³-hybridized carbons (Fsp3) is 0.679. The molecule has 2 saturated carbocycles. The van der Waals surface area contributed by atoms with Crippen LogP contribution in [-0.2, 0) is 33.9 Å². The molecule has 3 rings (SSSR count). The van der Waals surface area contributed by atoms with Crippen molar-refractivity contribution in [2.24, 2.45) is 5.92 Å². The van der Waals surface area contributed by atoms with Gasteiger partial charge in [-0.3, -0.25) is 23.9 Å². The van der Waals surface area contributed by atoms with Crippen LogP contribution in [0.5, 0.6) is 0 Å². The van der Waals surface area contributed by atoms with Crippen LogP contribution in [0.2, 0.25) is 0 Å². The van der Waals surface area contributed by atoms with Crippen molar-refractivity contribution in [3.63, 3.8) is 0 Å². The van der Waals surface area contributed by atoms with E-state index in [0.717, 1.165) is 6.42 Å². The van der Waals surface area contributed by atoms with E-state index < -0.39 is 62.2 Å². The maximum absolute atomic E-state index is 13.5. The Hall–Kier alpha value is -3.42. The molecule has 0 aromatic carbocycles. The highest BCUT2D eigenvalue weighted by Gasteiger charge is 2.61. The van der Waals surface area contributed by atoms with Crippen LogP contribution >= 0.6 is 0 Å². The highest BCUT2D eigenvalue weighted by Crippen LogP contribution is 2.46. The predicted octanol–water partition coefficient (Wildman–Crippen LogP) is 0.966. The summed E-state index contributed by atoms with van der Waals surface area (Å²) in [4.78, 5) is 66.7. The molecule has 3 fully saturated rings. The average Bonchev–Trinajstić information content (AvgIpc) is 3.82. The summed E-state index contributed by atoms with van der Waals surface area (Å²) in [6, 6.07) is -0.891. The molecule has 3 N–H and O–H groups in total. The molecule has 2 unspecified atom stereocenters. The molecule has 1 saturated heterocycles. The third-order valence-electron chi connectivity index (χ3n) is 7.30. The van der Waals surface area contributed by atoms with E-state index in [0.29, 0.717) is 32.2 Å². The number of sulfonamides is 1. The Kier molecular flexibility index (Phi) is 10.4. The standard InChI is InChI=1S/C28H43N5O8S/c1-6-14-32(22(34)7-2)15-8-10-19-17-28(19,25(37)31-42(39,40)20-12-13-20)30-24(36)21-11-9-16-33(21)23(35)18-29-26(38)41-27(3,4)5/h7-8,10,19-21H,2,6,9,11-18H2,1,3-5H3,(H,29,38)(H,30,36)(H,31,37)/b10-8-/t19?,21?,28-/m1/s1. The van der Waals surface area contributed by atoms with Gasteiger partial charge in [0.1, 0.15) is 23.7 Å². The summed E-state index contributed by atoms with van der Waals surface area (Å²) in [7, 11) is -3.87. The Bertz CT molecular complexity index is 1220. The van der Waals surface area contributed by atoms with Crippen LogP contribution in [-0.4, -0.2) is 96.6 Å². The topological polar surface area (TPSA) is 171 Å². The summed E-state index contributed by atoms with van der Waals surface area (Å²) in [5.74, 6) is -2.65. The molecule has 2 aliphatic carbocycles. The van der Waals surface area contributed by atoms with Gasteiger partial charge in [0.25, 0.3) is 5.91 Å². The second-order valence-corrected chi connectivity index (χ2v) is 13.9. The van der Waals surface area contributed by atoms with Gasteiger partial charge < -0.3 is 25.2 Å². The maximum atomic E-state index is 13.5. The SMILES string of the molecule is C=CC(=O)N(C/C=C\C1C[C@]1(NC(=O)C1CCCN1C(=O)CNC(=O)OC(C)(C)C)C(=O)NS(=O)(=O)C1CC1)CCC. The summed E-state index contributed by atoms with van der Waals surface area (Å²) in [5, 5.41) is 4.52. The van der Waals surface area contributed by atoms with Gasteiger partial charge in [-0.25, -0.2) is 13.2 Å². The first-order valence-electron chi connectivity index (χ1n) is 14.4. The van der Waals surface area contributed by atoms with Crippen LogP contribution in [0.4, 0.5) is 4.79 Å². The van der Waals surface area contributed by atoms with Gasteiger partial charge in [-0.2, -0.15) is 0 Å². The van der Waals surface area contributed by atoms with E-state index in [2.05, 4.69) is 21.9 Å². The van der Waals surface area contributed by atoms with Crippen molar-refractivity contribution >= 4 is 39.7 Å². The van der Waals surface area contributed by atoms with Gasteiger partial charge in [0.05, 0.1) is 5.25 Å². The number of nitrogens with one attached hydrogen (secondary N) is 3. The van der Waals surface area contributed by atoms with Gasteiger partial charge >= 0.3 is 6.09 Å². The van der Waals surface area contributed by atoms with Gasteiger partial charge in [-0.05, 0) is 65.4 Å². The molecule has 0 spiro atoms. The van der Waals surface area contributed by atoms with E-state index in [1.807, 2.05) is 6.92 Å². The minimum Gasteiger partial charge on any atom is -0.444 e. The number of hydrogen-bond acceptors (Lipinski definition) is 8. The van der Waals surface area contributed by atoms with E-state index in [1.54, 1.807) is 37.8 Å². The number of hydrogen-bond donors (Lipinski definition) is 3. The molecule has 1 heterocycles. The van der Waals surface area contributed by atoms with Crippen molar-refractivity contribution in [3.05, 3.63) is 24.8 Å². The number of likely N-dealkylation sites (tertiary alicyclic amines) is 1. The molecular weight excluding hydrogens is 566 g/mol. The van der Waals surface area contributed by atoms with Crippen LogP contribution in [0.3, 0.4) is 0 Å². The Morgan fingerprint density at radius 2 is 1.83 bits per heavy atom. The Morgan fingerprint density at radius 1 is 1.14 bits per heavy atom. The zero-order chi connectivity index (χ0) is 31.3. The predicted molar refractivity (Wildman–Crippen MR) is 154 cm³/mol. The first-order chi connectivity index (χ1) is 19.6. The third kappa shape index (κ3) is 8.55. The van der Waals surface area contributed by atoms with Crippen molar-refractivity contribution < 1.29 is 37.1 Å². The molecule has 1 aliphatic heterocycles. The fourth-order valence-corrected chi connectivity index (χ4v) is 6.27. The second kappa shape index (κ2) is 13.3. The van der Waals surface area contributed by atoms with Crippen molar-refractivity contribution in [1.29, 1.82) is 0 Å². The molecule has 3 atom stereocenters. The van der Waals surface area contributed by atoms with Crippen molar-refractivity contribution in [2.45, 2.75) is 88.7 Å². The largest absolute Gasteiger partial charge is 0.444 e. The Labute approximate surface area is 247 Å². The van der Waals surface area contributed by atoms with Crippen LogP contribution in [0.15, 0.2) is 24.8 Å². The monoisotopic (exact) mass is 609 g/mol. The minimum atomic E-state index is -3.87. The normalized spacial score (nSPS) is 23.7. The number of nitrogens with zero attached hydrogens (tertiary/aromatic N) is 2. The maximum Gasteiger partial charge on any atom is 0.408 e. The molecule has 0 bridgehead atoms. The number of rotatable bonds is 13. The number of carbonyl (C=O) groups excluding carboxylic acids is 5. The molecule has 0 aromatic rings. The molecule has 5 amide bonds. The number of alkyl carbamates (subject to hydrolysis) is 1. The summed E-state index contributed by atoms with van der Waals surface area (Å²) >= 11 is 0. The van der Waals surface area contributed by atoms with E-state index in [1.165, 1.54) is 11.0 Å². The number of carbonyl (C=O) groups is 5. The summed E-state index contributed by atoms with van der Waals surface area (Å²) in [6.07, 6.45) is 6.59. The van der Waals surface area contributed by atoms with Crippen LogP contribution in [0.25, 0.3) is 0 Å². The number of ether oxygens (including phenoxy) is 1. The third-order valence-corrected chi connectivity index (χ3v) is 9.12. The van der Waals surface area contributed by atoms with Crippen molar-refractivity contribution in [1.82, 2.24) is 25.2 Å². The van der Waals surface area contributed by atoms with Gasteiger partial charge in [-0.1, -0.05) is 25.7 Å². The molecule has 14 heteroatoms. The number of amides is 5.